The predicted octanol–water partition coefficient (Wildman–Crippen LogP) is 1.74. The number of aliphatic hydroxyl groups excluding tert-OH is 3. The molecule has 3 N–H and O–H groups in total. The molecule has 3 heterocycles. The Balaban J connectivity index is 1.89. The van der Waals surface area contributed by atoms with Gasteiger partial charge in [-0.25, -0.2) is 0 Å². The van der Waals surface area contributed by atoms with Crippen molar-refractivity contribution in [2.75, 3.05) is 81.7 Å². The number of piperidine rings is 1. The van der Waals surface area contributed by atoms with Crippen molar-refractivity contribution in [2.45, 2.75) is 122 Å². The molecule has 0 bridgehead atoms. The number of rotatable bonds is 9. The summed E-state index contributed by atoms with van der Waals surface area (Å²) >= 11 is 0. The molecule has 0 saturated carbocycles. The van der Waals surface area contributed by atoms with Gasteiger partial charge in [0.2, 0.25) is 0 Å². The van der Waals surface area contributed by atoms with E-state index in [1.165, 1.54) is 0 Å². The molecule has 3 rings (SSSR count). The van der Waals surface area contributed by atoms with Gasteiger partial charge in [-0.1, -0.05) is 13.8 Å². The molecule has 48 heavy (non-hydrogen) atoms. The molecule has 3 aliphatic rings. The largest absolute Gasteiger partial charge is 0.395 e. The summed E-state index contributed by atoms with van der Waals surface area (Å²) < 4.78 is 25.4. The van der Waals surface area contributed by atoms with Crippen molar-refractivity contribution in [3.8, 4) is 0 Å². The van der Waals surface area contributed by atoms with Crippen molar-refractivity contribution < 1.29 is 39.1 Å². The van der Waals surface area contributed by atoms with E-state index in [4.69, 9.17) is 18.9 Å². The number of aliphatic hydroxyl groups is 3. The minimum Gasteiger partial charge on any atom is -0.395 e. The number of hydrogen-bond acceptors (Lipinski definition) is 12. The summed E-state index contributed by atoms with van der Waals surface area (Å²) in [6, 6.07) is -0.0167. The van der Waals surface area contributed by atoms with Gasteiger partial charge in [-0.15, -0.1) is 0 Å². The highest BCUT2D eigenvalue weighted by Gasteiger charge is 2.51. The van der Waals surface area contributed by atoms with Crippen LogP contribution < -0.4 is 0 Å². The van der Waals surface area contributed by atoms with Crippen LogP contribution in [0.3, 0.4) is 0 Å². The van der Waals surface area contributed by atoms with E-state index in [2.05, 4.69) is 28.7 Å². The summed E-state index contributed by atoms with van der Waals surface area (Å²) in [7, 11) is 11.7. The van der Waals surface area contributed by atoms with Gasteiger partial charge in [0.05, 0.1) is 36.4 Å². The Morgan fingerprint density at radius 3 is 2.23 bits per heavy atom. The fourth-order valence-corrected chi connectivity index (χ4v) is 8.36. The molecule has 12 nitrogen and oxygen atoms in total. The number of likely N-dealkylation sites (tertiary alicyclic amines) is 1. The van der Waals surface area contributed by atoms with E-state index in [0.29, 0.717) is 25.4 Å². The first-order valence-electron chi connectivity index (χ1n) is 18.1. The molecule has 1 unspecified atom stereocenters. The molecule has 3 fully saturated rings. The van der Waals surface area contributed by atoms with Crippen molar-refractivity contribution in [1.82, 2.24) is 19.6 Å². The number of ether oxygens (including phenoxy) is 4. The second kappa shape index (κ2) is 17.6. The lowest BCUT2D eigenvalue weighted by Gasteiger charge is -2.47. The number of ketones is 1. The second-order valence-corrected chi connectivity index (χ2v) is 16.5. The Morgan fingerprint density at radius 1 is 1.06 bits per heavy atom. The minimum absolute atomic E-state index is 0.0481. The number of carbonyl (C=O) groups is 1. The van der Waals surface area contributed by atoms with Crippen LogP contribution in [0.4, 0.5) is 0 Å². The van der Waals surface area contributed by atoms with Gasteiger partial charge in [-0.05, 0) is 114 Å². The fourth-order valence-electron chi connectivity index (χ4n) is 8.36. The summed E-state index contributed by atoms with van der Waals surface area (Å²) in [5, 5.41) is 32.7. The zero-order valence-corrected chi connectivity index (χ0v) is 32.1. The first-order chi connectivity index (χ1) is 22.4. The van der Waals surface area contributed by atoms with Gasteiger partial charge < -0.3 is 53.9 Å². The van der Waals surface area contributed by atoms with E-state index in [9.17, 15) is 20.1 Å². The van der Waals surface area contributed by atoms with Crippen LogP contribution in [0.25, 0.3) is 0 Å². The molecule has 0 amide bonds. The topological polar surface area (TPSA) is 128 Å². The summed E-state index contributed by atoms with van der Waals surface area (Å²) in [5.41, 5.74) is -2.14. The molecule has 3 saturated heterocycles. The normalized spacial score (nSPS) is 39.6. The Bertz CT molecular complexity index is 995. The fraction of sp³-hybridized carbons (Fsp3) is 0.972. The van der Waals surface area contributed by atoms with Crippen LogP contribution >= 0.6 is 0 Å². The lowest BCUT2D eigenvalue weighted by Crippen LogP contribution is -2.59. The average Bonchev–Trinajstić information content (AvgIpc) is 3.02. The molecule has 11 atom stereocenters. The van der Waals surface area contributed by atoms with Crippen LogP contribution in [0.5, 0.6) is 0 Å². The van der Waals surface area contributed by atoms with Crippen molar-refractivity contribution in [2.24, 2.45) is 23.2 Å². The maximum atomic E-state index is 14.4. The van der Waals surface area contributed by atoms with Crippen LogP contribution in [-0.4, -0.2) is 177 Å². The maximum Gasteiger partial charge on any atom is 0.185 e. The van der Waals surface area contributed by atoms with Crippen molar-refractivity contribution >= 4 is 5.78 Å². The smallest absolute Gasteiger partial charge is 0.185 e. The number of carbonyl (C=O) groups excluding carboxylic acids is 1. The standard InChI is InChI=1S/C36H70N4O8/c1-23-18-36(6,45-12)32(48-33-30(42)28(38(9)10)17-24(2)47-33)25(3)31(43)35(4,5)34(44)46-22-29(39(11)19-23)26-13-15-40(16-14-26)20-27(21-41)37(7)8/h23-30,32-34,41-42,44H,13-22H2,1-12H3/t23-,24-,25+,27-,28+,29?,30-,32-,33+,34-,36-/m1/s1. The lowest BCUT2D eigenvalue weighted by molar-refractivity contribution is -0.296. The third-order valence-corrected chi connectivity index (χ3v) is 11.7. The van der Waals surface area contributed by atoms with Gasteiger partial charge in [0.25, 0.3) is 0 Å². The highest BCUT2D eigenvalue weighted by molar-refractivity contribution is 5.87. The molecule has 0 radical (unpaired) electrons. The van der Waals surface area contributed by atoms with E-state index < -0.39 is 41.7 Å². The number of likely N-dealkylation sites (N-methyl/N-ethyl adjacent to an activating group) is 3. The molecule has 0 aliphatic carbocycles. The number of methoxy groups -OCH3 is 1. The first-order valence-corrected chi connectivity index (χ1v) is 18.1. The minimum atomic E-state index is -1.32. The van der Waals surface area contributed by atoms with E-state index in [1.54, 1.807) is 21.0 Å². The maximum absolute atomic E-state index is 14.4. The van der Waals surface area contributed by atoms with Crippen molar-refractivity contribution in [3.63, 3.8) is 0 Å². The Labute approximate surface area is 291 Å². The Kier molecular flexibility index (Phi) is 15.3. The SMILES string of the molecule is CO[C@]1(C)C[C@@H](C)CN(C)C(C2CCN(C[C@H](CO)N(C)C)CC2)CO[C@@H](O)C(C)(C)C(=O)[C@H](C)[C@H]1O[C@@H]1O[C@H](C)C[C@H](N(C)C)[C@H]1O. The summed E-state index contributed by atoms with van der Waals surface area (Å²) in [6.45, 7) is 15.3. The summed E-state index contributed by atoms with van der Waals surface area (Å²) in [6.07, 6.45) is -0.877. The van der Waals surface area contributed by atoms with Crippen molar-refractivity contribution in [1.29, 1.82) is 0 Å². The van der Waals surface area contributed by atoms with Crippen molar-refractivity contribution in [3.05, 3.63) is 0 Å². The van der Waals surface area contributed by atoms with Gasteiger partial charge >= 0.3 is 0 Å². The van der Waals surface area contributed by atoms with Gasteiger partial charge in [-0.3, -0.25) is 4.79 Å². The van der Waals surface area contributed by atoms with Gasteiger partial charge in [0.1, 0.15) is 11.9 Å². The Hall–Kier alpha value is -0.770. The Morgan fingerprint density at radius 2 is 1.69 bits per heavy atom. The monoisotopic (exact) mass is 687 g/mol. The van der Waals surface area contributed by atoms with Crippen LogP contribution in [0, 0.1) is 23.2 Å². The molecular formula is C36H70N4O8. The zero-order chi connectivity index (χ0) is 36.1. The molecule has 0 aromatic carbocycles. The van der Waals surface area contributed by atoms with E-state index >= 15 is 0 Å². The van der Waals surface area contributed by atoms with Crippen LogP contribution in [-0.2, 0) is 23.7 Å². The molecular weight excluding hydrogens is 616 g/mol. The predicted molar refractivity (Wildman–Crippen MR) is 187 cm³/mol. The average molecular weight is 687 g/mol. The molecule has 0 spiro atoms. The quantitative estimate of drug-likeness (QED) is 0.327. The van der Waals surface area contributed by atoms with Gasteiger partial charge in [0.15, 0.2) is 12.6 Å². The molecule has 0 aromatic rings. The highest BCUT2D eigenvalue weighted by atomic mass is 16.7. The third kappa shape index (κ3) is 9.97. The zero-order valence-electron chi connectivity index (χ0n) is 32.1. The van der Waals surface area contributed by atoms with Gasteiger partial charge in [-0.2, -0.15) is 0 Å². The molecule has 3 aliphatic heterocycles. The van der Waals surface area contributed by atoms with Crippen LogP contribution in [0.15, 0.2) is 0 Å². The lowest BCUT2D eigenvalue weighted by atomic mass is 9.74. The first kappa shape index (κ1) is 41.6. The number of hydrogen-bond donors (Lipinski definition) is 3. The molecule has 0 aromatic heterocycles. The number of nitrogens with zero attached hydrogens (tertiary/aromatic N) is 4. The van der Waals surface area contributed by atoms with Gasteiger partial charge in [0, 0.05) is 44.2 Å². The van der Waals surface area contributed by atoms with E-state index in [-0.39, 0.29) is 42.5 Å². The van der Waals surface area contributed by atoms with E-state index in [1.807, 2.05) is 53.9 Å². The van der Waals surface area contributed by atoms with Crippen LogP contribution in [0.2, 0.25) is 0 Å². The highest BCUT2D eigenvalue weighted by Crippen LogP contribution is 2.39. The molecule has 282 valence electrons. The van der Waals surface area contributed by atoms with Crippen LogP contribution in [0.1, 0.15) is 67.2 Å². The third-order valence-electron chi connectivity index (χ3n) is 11.7. The summed E-state index contributed by atoms with van der Waals surface area (Å²) in [5.74, 6) is -0.396. The van der Waals surface area contributed by atoms with E-state index in [0.717, 1.165) is 39.0 Å². The second-order valence-electron chi connectivity index (χ2n) is 16.5. The summed E-state index contributed by atoms with van der Waals surface area (Å²) in [4.78, 5) is 23.2. The number of Topliss-reactive ketones (excluding diaryl/α,β-unsaturated/α-hetero) is 1. The molecule has 12 heteroatoms.